The van der Waals surface area contributed by atoms with Gasteiger partial charge in [0, 0.05) is 17.0 Å². The summed E-state index contributed by atoms with van der Waals surface area (Å²) in [7, 11) is 0. The molecule has 2 aliphatic rings. The molecule has 1 aromatic carbocycles. The van der Waals surface area contributed by atoms with Crippen LogP contribution in [0.15, 0.2) is 76.2 Å². The standard InChI is InChI=1S/C17H15NOS/c1-2-18-14-8-4-6-10-16(14)20-17(18)12-11-13-7-3-5-9-15(13)19/h3-12H,2H2,1H3/b13-11+,17-12-. The molecule has 3 heteroatoms. The molecule has 100 valence electrons. The van der Waals surface area contributed by atoms with Crippen molar-refractivity contribution in [2.45, 2.75) is 11.8 Å². The summed E-state index contributed by atoms with van der Waals surface area (Å²) in [6, 6.07) is 8.38. The van der Waals surface area contributed by atoms with Crippen LogP contribution in [0.25, 0.3) is 0 Å². The van der Waals surface area contributed by atoms with Gasteiger partial charge in [0.05, 0.1) is 10.7 Å². The van der Waals surface area contributed by atoms with E-state index in [0.717, 1.165) is 17.1 Å². The Morgan fingerprint density at radius 3 is 2.75 bits per heavy atom. The highest BCUT2D eigenvalue weighted by Crippen LogP contribution is 2.45. The SMILES string of the molecule is CCN1/C(=C/C=C2\C=CC=CC2=O)Sc2ccccc21. The highest BCUT2D eigenvalue weighted by Gasteiger charge is 2.22. The predicted octanol–water partition coefficient (Wildman–Crippen LogP) is 4.08. The van der Waals surface area contributed by atoms with E-state index in [9.17, 15) is 4.79 Å². The van der Waals surface area contributed by atoms with Gasteiger partial charge < -0.3 is 4.90 Å². The summed E-state index contributed by atoms with van der Waals surface area (Å²) >= 11 is 1.75. The van der Waals surface area contributed by atoms with Crippen LogP contribution in [0.4, 0.5) is 5.69 Å². The van der Waals surface area contributed by atoms with Crippen LogP contribution in [0.2, 0.25) is 0 Å². The summed E-state index contributed by atoms with van der Waals surface area (Å²) in [4.78, 5) is 15.2. The summed E-state index contributed by atoms with van der Waals surface area (Å²) in [5, 5.41) is 1.16. The maximum atomic E-state index is 11.7. The number of thioether (sulfide) groups is 1. The molecule has 0 aromatic heterocycles. The van der Waals surface area contributed by atoms with Gasteiger partial charge in [0.25, 0.3) is 0 Å². The lowest BCUT2D eigenvalue weighted by Crippen LogP contribution is -2.16. The fourth-order valence-corrected chi connectivity index (χ4v) is 3.41. The summed E-state index contributed by atoms with van der Waals surface area (Å²) < 4.78 is 0. The Kier molecular flexibility index (Phi) is 3.61. The molecule has 0 unspecified atom stereocenters. The van der Waals surface area contributed by atoms with E-state index in [-0.39, 0.29) is 5.78 Å². The van der Waals surface area contributed by atoms with E-state index in [1.807, 2.05) is 24.3 Å². The third-order valence-electron chi connectivity index (χ3n) is 3.28. The molecule has 0 N–H and O–H groups in total. The minimum absolute atomic E-state index is 0.0629. The van der Waals surface area contributed by atoms with E-state index < -0.39 is 0 Å². The molecule has 0 spiro atoms. The zero-order chi connectivity index (χ0) is 13.9. The third-order valence-corrected chi connectivity index (χ3v) is 4.41. The Morgan fingerprint density at radius 2 is 1.95 bits per heavy atom. The first kappa shape index (κ1) is 13.0. The van der Waals surface area contributed by atoms with Crippen LogP contribution in [0.5, 0.6) is 0 Å². The van der Waals surface area contributed by atoms with Gasteiger partial charge in [-0.2, -0.15) is 0 Å². The van der Waals surface area contributed by atoms with Crippen LogP contribution in [0.1, 0.15) is 6.92 Å². The number of benzene rings is 1. The summed E-state index contributed by atoms with van der Waals surface area (Å²) in [6.45, 7) is 3.06. The Morgan fingerprint density at radius 1 is 1.15 bits per heavy atom. The largest absolute Gasteiger partial charge is 0.335 e. The van der Waals surface area contributed by atoms with Crippen LogP contribution >= 0.6 is 11.8 Å². The van der Waals surface area contributed by atoms with E-state index in [2.05, 4.69) is 36.1 Å². The molecule has 0 saturated heterocycles. The van der Waals surface area contributed by atoms with Gasteiger partial charge in [-0.15, -0.1) is 0 Å². The Hall–Kier alpha value is -2.00. The Labute approximate surface area is 123 Å². The lowest BCUT2D eigenvalue weighted by atomic mass is 10.1. The van der Waals surface area contributed by atoms with Crippen molar-refractivity contribution in [2.75, 3.05) is 11.4 Å². The summed E-state index contributed by atoms with van der Waals surface area (Å²) in [6.07, 6.45) is 11.0. The second-order valence-corrected chi connectivity index (χ2v) is 5.59. The molecule has 0 fully saturated rings. The average molecular weight is 281 g/mol. The second-order valence-electron chi connectivity index (χ2n) is 4.52. The molecule has 3 rings (SSSR count). The first-order valence-corrected chi connectivity index (χ1v) is 7.46. The van der Waals surface area contributed by atoms with Crippen molar-refractivity contribution >= 4 is 23.2 Å². The number of hydrogen-bond donors (Lipinski definition) is 0. The molecule has 1 aromatic rings. The van der Waals surface area contributed by atoms with Gasteiger partial charge in [0.1, 0.15) is 0 Å². The minimum Gasteiger partial charge on any atom is -0.335 e. The lowest BCUT2D eigenvalue weighted by Gasteiger charge is -2.17. The molecule has 20 heavy (non-hydrogen) atoms. The maximum Gasteiger partial charge on any atom is 0.185 e. The smallest absolute Gasteiger partial charge is 0.185 e. The summed E-state index contributed by atoms with van der Waals surface area (Å²) in [5.74, 6) is 0.0629. The number of allylic oxidation sites excluding steroid dienone is 7. The van der Waals surface area contributed by atoms with E-state index in [1.165, 1.54) is 10.6 Å². The van der Waals surface area contributed by atoms with Crippen molar-refractivity contribution in [1.29, 1.82) is 0 Å². The monoisotopic (exact) mass is 281 g/mol. The van der Waals surface area contributed by atoms with Gasteiger partial charge in [0.2, 0.25) is 0 Å². The van der Waals surface area contributed by atoms with Gasteiger partial charge in [-0.25, -0.2) is 0 Å². The van der Waals surface area contributed by atoms with Crippen molar-refractivity contribution in [1.82, 2.24) is 0 Å². The molecule has 1 aliphatic carbocycles. The normalized spacial score (nSPS) is 21.1. The van der Waals surface area contributed by atoms with Crippen LogP contribution < -0.4 is 4.90 Å². The zero-order valence-electron chi connectivity index (χ0n) is 11.2. The van der Waals surface area contributed by atoms with Gasteiger partial charge in [-0.3, -0.25) is 4.79 Å². The number of rotatable bonds is 2. The van der Waals surface area contributed by atoms with E-state index in [0.29, 0.717) is 0 Å². The zero-order valence-corrected chi connectivity index (χ0v) is 12.1. The van der Waals surface area contributed by atoms with Crippen molar-refractivity contribution in [3.05, 3.63) is 71.3 Å². The average Bonchev–Trinajstić information content (AvgIpc) is 2.84. The summed E-state index contributed by atoms with van der Waals surface area (Å²) in [5.41, 5.74) is 1.97. The van der Waals surface area contributed by atoms with Crippen LogP contribution in [-0.4, -0.2) is 12.3 Å². The molecule has 1 heterocycles. The molecule has 2 nitrogen and oxygen atoms in total. The number of nitrogens with zero attached hydrogens (tertiary/aromatic N) is 1. The second kappa shape index (κ2) is 5.55. The highest BCUT2D eigenvalue weighted by atomic mass is 32.2. The van der Waals surface area contributed by atoms with Crippen LogP contribution in [0, 0.1) is 0 Å². The fraction of sp³-hybridized carbons (Fsp3) is 0.118. The molecule has 0 bridgehead atoms. The van der Waals surface area contributed by atoms with Crippen LogP contribution in [0.3, 0.4) is 0 Å². The molecule has 1 aliphatic heterocycles. The van der Waals surface area contributed by atoms with Gasteiger partial charge in [0.15, 0.2) is 5.78 Å². The molecule has 0 radical (unpaired) electrons. The quantitative estimate of drug-likeness (QED) is 0.762. The lowest BCUT2D eigenvalue weighted by molar-refractivity contribution is -0.111. The number of para-hydroxylation sites is 1. The number of ketones is 1. The van der Waals surface area contributed by atoms with E-state index in [4.69, 9.17) is 0 Å². The molecular formula is C17H15NOS. The van der Waals surface area contributed by atoms with Crippen molar-refractivity contribution in [3.8, 4) is 0 Å². The van der Waals surface area contributed by atoms with Gasteiger partial charge >= 0.3 is 0 Å². The molecule has 0 atom stereocenters. The third kappa shape index (κ3) is 2.37. The number of carbonyl (C=O) groups excluding carboxylic acids is 1. The molecular weight excluding hydrogens is 266 g/mol. The minimum atomic E-state index is 0.0629. The van der Waals surface area contributed by atoms with E-state index >= 15 is 0 Å². The van der Waals surface area contributed by atoms with E-state index in [1.54, 1.807) is 23.9 Å². The first-order chi connectivity index (χ1) is 9.79. The molecule has 0 saturated carbocycles. The highest BCUT2D eigenvalue weighted by molar-refractivity contribution is 8.03. The maximum absolute atomic E-state index is 11.7. The van der Waals surface area contributed by atoms with Crippen molar-refractivity contribution in [3.63, 3.8) is 0 Å². The number of fused-ring (bicyclic) bond motifs is 1. The first-order valence-electron chi connectivity index (χ1n) is 6.65. The fourth-order valence-electron chi connectivity index (χ4n) is 2.28. The number of hydrogen-bond acceptors (Lipinski definition) is 3. The molecule has 0 amide bonds. The number of carbonyl (C=O) groups is 1. The van der Waals surface area contributed by atoms with Crippen molar-refractivity contribution in [2.24, 2.45) is 0 Å². The van der Waals surface area contributed by atoms with Gasteiger partial charge in [-0.1, -0.05) is 42.1 Å². The van der Waals surface area contributed by atoms with Gasteiger partial charge in [-0.05, 0) is 37.3 Å². The number of anilines is 1. The topological polar surface area (TPSA) is 20.3 Å². The Balaban J connectivity index is 1.90. The predicted molar refractivity (Wildman–Crippen MR) is 84.8 cm³/mol. The Bertz CT molecular complexity index is 667. The van der Waals surface area contributed by atoms with Crippen molar-refractivity contribution < 1.29 is 4.79 Å². The van der Waals surface area contributed by atoms with Crippen LogP contribution in [-0.2, 0) is 4.79 Å².